The number of unbranched alkanes of at least 4 members (excludes halogenated alkanes) is 1. The van der Waals surface area contributed by atoms with Crippen LogP contribution in [0.15, 0.2) is 41.9 Å². The summed E-state index contributed by atoms with van der Waals surface area (Å²) in [6.45, 7) is 5.28. The molecule has 7 heteroatoms. The second kappa shape index (κ2) is 10.3. The Hall–Kier alpha value is -2.57. The molecule has 0 aliphatic rings. The molecule has 0 saturated carbocycles. The van der Waals surface area contributed by atoms with Crippen molar-refractivity contribution in [3.63, 3.8) is 0 Å². The summed E-state index contributed by atoms with van der Waals surface area (Å²) in [5, 5.41) is 11.0. The smallest absolute Gasteiger partial charge is 0.193 e. The number of guanidine groups is 1. The van der Waals surface area contributed by atoms with E-state index in [0.717, 1.165) is 44.2 Å². The van der Waals surface area contributed by atoms with Gasteiger partial charge in [0, 0.05) is 27.2 Å². The van der Waals surface area contributed by atoms with E-state index in [1.54, 1.807) is 19.7 Å². The van der Waals surface area contributed by atoms with Gasteiger partial charge < -0.3 is 19.5 Å². The molecule has 0 unspecified atom stereocenters. The van der Waals surface area contributed by atoms with E-state index in [1.165, 1.54) is 5.56 Å². The van der Waals surface area contributed by atoms with Crippen LogP contribution in [-0.2, 0) is 6.54 Å². The van der Waals surface area contributed by atoms with Crippen LogP contribution in [0.3, 0.4) is 0 Å². The van der Waals surface area contributed by atoms with E-state index in [-0.39, 0.29) is 0 Å². The fraction of sp³-hybridized carbons (Fsp3) is 0.500. The molecule has 0 aliphatic carbocycles. The lowest BCUT2D eigenvalue weighted by molar-refractivity contribution is 0.281. The molecule has 0 bridgehead atoms. The Bertz CT molecular complexity index is 624. The molecule has 0 fully saturated rings. The van der Waals surface area contributed by atoms with Gasteiger partial charge in [-0.3, -0.25) is 4.99 Å². The van der Waals surface area contributed by atoms with Crippen LogP contribution in [-0.4, -0.2) is 59.4 Å². The van der Waals surface area contributed by atoms with Gasteiger partial charge in [-0.1, -0.05) is 17.7 Å². The van der Waals surface area contributed by atoms with Gasteiger partial charge in [-0.15, -0.1) is 10.2 Å². The van der Waals surface area contributed by atoms with Gasteiger partial charge in [0.05, 0.1) is 6.54 Å². The summed E-state index contributed by atoms with van der Waals surface area (Å²) in [4.78, 5) is 6.40. The van der Waals surface area contributed by atoms with Gasteiger partial charge in [-0.2, -0.15) is 0 Å². The quantitative estimate of drug-likeness (QED) is 0.428. The number of nitrogens with zero attached hydrogens (tertiary/aromatic N) is 5. The molecule has 0 aliphatic heterocycles. The predicted molar refractivity (Wildman–Crippen MR) is 99.9 cm³/mol. The minimum Gasteiger partial charge on any atom is -0.492 e. The van der Waals surface area contributed by atoms with Crippen molar-refractivity contribution >= 4 is 5.96 Å². The lowest BCUT2D eigenvalue weighted by Gasteiger charge is -2.22. The van der Waals surface area contributed by atoms with Gasteiger partial charge in [0.15, 0.2) is 5.96 Å². The van der Waals surface area contributed by atoms with Crippen LogP contribution in [0, 0.1) is 6.92 Å². The minimum atomic E-state index is 0.619. The standard InChI is InChI=1S/C18H28N6O/c1-16-6-8-17(9-7-16)25-13-12-23(3)18(19-2)20-10-4-5-11-24-14-21-22-15-24/h6-9,14-15H,4-5,10-13H2,1-3H3,(H,19,20). The number of ether oxygens (including phenoxy) is 1. The minimum absolute atomic E-state index is 0.619. The molecule has 2 rings (SSSR count). The lowest BCUT2D eigenvalue weighted by Crippen LogP contribution is -2.41. The molecule has 1 N–H and O–H groups in total. The van der Waals surface area contributed by atoms with Crippen LogP contribution < -0.4 is 10.1 Å². The third-order valence-corrected chi connectivity index (χ3v) is 3.88. The van der Waals surface area contributed by atoms with Crippen LogP contribution in [0.1, 0.15) is 18.4 Å². The summed E-state index contributed by atoms with van der Waals surface area (Å²) in [6.07, 6.45) is 5.62. The van der Waals surface area contributed by atoms with Crippen molar-refractivity contribution in [1.82, 2.24) is 25.0 Å². The first-order chi connectivity index (χ1) is 12.2. The van der Waals surface area contributed by atoms with E-state index >= 15 is 0 Å². The Balaban J connectivity index is 1.61. The predicted octanol–water partition coefficient (Wildman–Crippen LogP) is 1.95. The molecule has 25 heavy (non-hydrogen) atoms. The molecular formula is C18H28N6O. The summed E-state index contributed by atoms with van der Waals surface area (Å²) >= 11 is 0. The average molecular weight is 344 g/mol. The van der Waals surface area contributed by atoms with Crippen LogP contribution in [0.5, 0.6) is 5.75 Å². The normalized spacial score (nSPS) is 11.4. The summed E-state index contributed by atoms with van der Waals surface area (Å²) < 4.78 is 7.76. The van der Waals surface area contributed by atoms with Crippen molar-refractivity contribution in [1.29, 1.82) is 0 Å². The average Bonchev–Trinajstić information content (AvgIpc) is 3.13. The number of aromatic nitrogens is 3. The van der Waals surface area contributed by atoms with E-state index in [1.807, 2.05) is 23.7 Å². The first-order valence-corrected chi connectivity index (χ1v) is 8.62. The largest absolute Gasteiger partial charge is 0.492 e. The van der Waals surface area contributed by atoms with E-state index in [0.29, 0.717) is 6.61 Å². The molecule has 2 aromatic rings. The summed E-state index contributed by atoms with van der Waals surface area (Å²) in [5.41, 5.74) is 1.23. The molecule has 1 aromatic carbocycles. The Kier molecular flexibility index (Phi) is 7.75. The molecule has 1 heterocycles. The molecule has 0 amide bonds. The maximum atomic E-state index is 5.77. The highest BCUT2D eigenvalue weighted by Gasteiger charge is 2.05. The van der Waals surface area contributed by atoms with Crippen molar-refractivity contribution < 1.29 is 4.74 Å². The van der Waals surface area contributed by atoms with Crippen molar-refractivity contribution in [2.24, 2.45) is 4.99 Å². The number of aryl methyl sites for hydroxylation is 2. The van der Waals surface area contributed by atoms with Crippen LogP contribution in [0.4, 0.5) is 0 Å². The Morgan fingerprint density at radius 3 is 2.60 bits per heavy atom. The fourth-order valence-electron chi connectivity index (χ4n) is 2.38. The molecule has 1 aromatic heterocycles. The third-order valence-electron chi connectivity index (χ3n) is 3.88. The summed E-state index contributed by atoms with van der Waals surface area (Å²) in [6, 6.07) is 8.11. The van der Waals surface area contributed by atoms with Crippen LogP contribution in [0.2, 0.25) is 0 Å². The SMILES string of the molecule is CN=C(NCCCCn1cnnc1)N(C)CCOc1ccc(C)cc1. The highest BCUT2D eigenvalue weighted by Crippen LogP contribution is 2.11. The first kappa shape index (κ1) is 18.8. The van der Waals surface area contributed by atoms with E-state index in [2.05, 4.69) is 44.5 Å². The molecular weight excluding hydrogens is 316 g/mol. The molecule has 7 nitrogen and oxygen atoms in total. The number of hydrogen-bond donors (Lipinski definition) is 1. The van der Waals surface area contributed by atoms with Crippen molar-refractivity contribution in [2.75, 3.05) is 33.8 Å². The zero-order valence-corrected chi connectivity index (χ0v) is 15.4. The zero-order valence-electron chi connectivity index (χ0n) is 15.4. The number of rotatable bonds is 9. The topological polar surface area (TPSA) is 67.6 Å². The number of hydrogen-bond acceptors (Lipinski definition) is 4. The van der Waals surface area contributed by atoms with Gasteiger partial charge in [0.2, 0.25) is 0 Å². The maximum Gasteiger partial charge on any atom is 0.193 e. The molecule has 0 radical (unpaired) electrons. The molecule has 0 atom stereocenters. The second-order valence-electron chi connectivity index (χ2n) is 5.96. The molecule has 0 saturated heterocycles. The maximum absolute atomic E-state index is 5.77. The van der Waals surface area contributed by atoms with Gasteiger partial charge in [-0.25, -0.2) is 0 Å². The number of benzene rings is 1. The highest BCUT2D eigenvalue weighted by atomic mass is 16.5. The van der Waals surface area contributed by atoms with Crippen LogP contribution >= 0.6 is 0 Å². The molecule has 0 spiro atoms. The fourth-order valence-corrected chi connectivity index (χ4v) is 2.38. The van der Waals surface area contributed by atoms with Crippen molar-refractivity contribution in [3.8, 4) is 5.75 Å². The van der Waals surface area contributed by atoms with Gasteiger partial charge in [0.1, 0.15) is 25.0 Å². The van der Waals surface area contributed by atoms with E-state index in [9.17, 15) is 0 Å². The molecule has 136 valence electrons. The highest BCUT2D eigenvalue weighted by molar-refractivity contribution is 5.79. The Labute approximate surface area is 149 Å². The van der Waals surface area contributed by atoms with E-state index in [4.69, 9.17) is 4.74 Å². The number of likely N-dealkylation sites (N-methyl/N-ethyl adjacent to an activating group) is 1. The van der Waals surface area contributed by atoms with Crippen LogP contribution in [0.25, 0.3) is 0 Å². The van der Waals surface area contributed by atoms with Gasteiger partial charge >= 0.3 is 0 Å². The monoisotopic (exact) mass is 344 g/mol. The second-order valence-corrected chi connectivity index (χ2v) is 5.96. The lowest BCUT2D eigenvalue weighted by atomic mass is 10.2. The van der Waals surface area contributed by atoms with Crippen molar-refractivity contribution in [3.05, 3.63) is 42.5 Å². The summed E-state index contributed by atoms with van der Waals surface area (Å²) in [5.74, 6) is 1.78. The zero-order chi connectivity index (χ0) is 17.9. The number of nitrogens with one attached hydrogen (secondary N) is 1. The Morgan fingerprint density at radius 1 is 1.20 bits per heavy atom. The third kappa shape index (κ3) is 6.82. The van der Waals surface area contributed by atoms with Gasteiger partial charge in [-0.05, 0) is 31.9 Å². The van der Waals surface area contributed by atoms with Crippen molar-refractivity contribution in [2.45, 2.75) is 26.3 Å². The first-order valence-electron chi connectivity index (χ1n) is 8.62. The van der Waals surface area contributed by atoms with Gasteiger partial charge in [0.25, 0.3) is 0 Å². The summed E-state index contributed by atoms with van der Waals surface area (Å²) in [7, 11) is 3.82. The Morgan fingerprint density at radius 2 is 1.92 bits per heavy atom. The van der Waals surface area contributed by atoms with E-state index < -0.39 is 0 Å². The number of aliphatic imine (C=N–C) groups is 1.